The van der Waals surface area contributed by atoms with E-state index in [2.05, 4.69) is 16.0 Å². The van der Waals surface area contributed by atoms with Gasteiger partial charge < -0.3 is 14.2 Å². The molecule has 0 aromatic carbocycles. The molecule has 0 spiro atoms. The number of fused-ring (bicyclic) bond motifs is 4. The highest BCUT2D eigenvalue weighted by Crippen LogP contribution is 2.35. The molecule has 0 unspecified atom stereocenters. The number of hydrogen-bond donors (Lipinski definition) is 0. The van der Waals surface area contributed by atoms with Crippen molar-refractivity contribution in [2.75, 3.05) is 39.4 Å². The summed E-state index contributed by atoms with van der Waals surface area (Å²) in [6.07, 6.45) is 3.76. The van der Waals surface area contributed by atoms with Gasteiger partial charge in [0.05, 0.1) is 12.3 Å². The minimum Gasteiger partial charge on any atom is -0.380 e. The van der Waals surface area contributed by atoms with Crippen LogP contribution in [0.2, 0.25) is 0 Å². The third-order valence-corrected chi connectivity index (χ3v) is 6.53. The molecule has 2 atom stereocenters. The van der Waals surface area contributed by atoms with Crippen LogP contribution in [0.15, 0.2) is 41.3 Å². The monoisotopic (exact) mass is 408 g/mol. The number of hydrogen-bond acceptors (Lipinski definition) is 5. The number of piperidine rings is 1. The molecule has 3 aliphatic heterocycles. The van der Waals surface area contributed by atoms with E-state index in [9.17, 15) is 9.59 Å². The molecule has 0 aliphatic carbocycles. The van der Waals surface area contributed by atoms with Gasteiger partial charge in [0.25, 0.3) is 11.5 Å². The largest absolute Gasteiger partial charge is 0.380 e. The van der Waals surface area contributed by atoms with E-state index in [1.807, 2.05) is 29.0 Å². The Labute approximate surface area is 176 Å². The molecule has 1 amide bonds. The van der Waals surface area contributed by atoms with Gasteiger partial charge in [0.2, 0.25) is 0 Å². The van der Waals surface area contributed by atoms with Crippen LogP contribution in [0.5, 0.6) is 0 Å². The first-order valence-electron chi connectivity index (χ1n) is 10.9. The molecule has 2 bridgehead atoms. The summed E-state index contributed by atoms with van der Waals surface area (Å²) in [4.78, 5) is 34.9. The molecular weight excluding hydrogens is 380 g/mol. The van der Waals surface area contributed by atoms with Crippen LogP contribution in [-0.4, -0.2) is 64.7 Å². The third kappa shape index (κ3) is 3.79. The Morgan fingerprint density at radius 2 is 2.03 bits per heavy atom. The van der Waals surface area contributed by atoms with Crippen molar-refractivity contribution < 1.29 is 9.53 Å². The highest BCUT2D eigenvalue weighted by Gasteiger charge is 2.35. The third-order valence-electron chi connectivity index (χ3n) is 6.53. The van der Waals surface area contributed by atoms with E-state index in [0.717, 1.165) is 43.9 Å². The number of ether oxygens (including phenoxy) is 1. The quantitative estimate of drug-likeness (QED) is 0.774. The summed E-state index contributed by atoms with van der Waals surface area (Å²) in [5.41, 5.74) is 2.32. The zero-order valence-corrected chi connectivity index (χ0v) is 17.2. The number of likely N-dealkylation sites (tertiary alicyclic amines) is 1. The van der Waals surface area contributed by atoms with Crippen molar-refractivity contribution in [3.8, 4) is 0 Å². The number of nitrogens with zero attached hydrogens (tertiary/aromatic N) is 4. The smallest absolute Gasteiger partial charge is 0.263 e. The van der Waals surface area contributed by atoms with Crippen molar-refractivity contribution >= 4 is 5.91 Å². The van der Waals surface area contributed by atoms with E-state index in [1.54, 1.807) is 11.0 Å². The zero-order valence-electron chi connectivity index (χ0n) is 17.2. The molecule has 7 heteroatoms. The summed E-state index contributed by atoms with van der Waals surface area (Å²) in [6, 6.07) is 9.79. The lowest BCUT2D eigenvalue weighted by Gasteiger charge is -2.42. The molecule has 2 saturated heterocycles. The van der Waals surface area contributed by atoms with Gasteiger partial charge in [-0.05, 0) is 43.0 Å². The van der Waals surface area contributed by atoms with E-state index in [1.165, 1.54) is 0 Å². The molecule has 0 saturated carbocycles. The first kappa shape index (κ1) is 19.5. The first-order valence-corrected chi connectivity index (χ1v) is 10.9. The van der Waals surface area contributed by atoms with Gasteiger partial charge in [0.1, 0.15) is 5.56 Å². The van der Waals surface area contributed by atoms with Crippen LogP contribution in [0, 0.1) is 5.92 Å². The Hall–Kier alpha value is -2.51. The van der Waals surface area contributed by atoms with Crippen LogP contribution in [0.3, 0.4) is 0 Å². The minimum atomic E-state index is -0.159. The van der Waals surface area contributed by atoms with Crippen LogP contribution in [0.4, 0.5) is 0 Å². The molecule has 5 heterocycles. The van der Waals surface area contributed by atoms with E-state index < -0.39 is 0 Å². The average molecular weight is 409 g/mol. The molecule has 2 fully saturated rings. The molecule has 158 valence electrons. The van der Waals surface area contributed by atoms with E-state index in [0.29, 0.717) is 50.2 Å². The number of amides is 1. The highest BCUT2D eigenvalue weighted by atomic mass is 16.5. The topological polar surface area (TPSA) is 67.7 Å². The maximum atomic E-state index is 13.2. The molecule has 7 nitrogen and oxygen atoms in total. The van der Waals surface area contributed by atoms with Crippen LogP contribution in [0.25, 0.3) is 0 Å². The summed E-state index contributed by atoms with van der Waals surface area (Å²) in [5, 5.41) is 0. The second-order valence-electron chi connectivity index (χ2n) is 8.66. The van der Waals surface area contributed by atoms with Crippen molar-refractivity contribution in [3.63, 3.8) is 0 Å². The van der Waals surface area contributed by atoms with Gasteiger partial charge >= 0.3 is 0 Å². The molecule has 3 aliphatic rings. The van der Waals surface area contributed by atoms with E-state index >= 15 is 0 Å². The molecule has 0 N–H and O–H groups in total. The number of carbonyl (C=O) groups is 1. The minimum absolute atomic E-state index is 0.129. The van der Waals surface area contributed by atoms with Crippen molar-refractivity contribution in [3.05, 3.63) is 63.8 Å². The van der Waals surface area contributed by atoms with Crippen LogP contribution < -0.4 is 5.56 Å². The summed E-state index contributed by atoms with van der Waals surface area (Å²) in [5.74, 6) is 0.590. The maximum absolute atomic E-state index is 13.2. The maximum Gasteiger partial charge on any atom is 0.263 e. The first-order chi connectivity index (χ1) is 14.7. The van der Waals surface area contributed by atoms with Gasteiger partial charge in [-0.1, -0.05) is 6.07 Å². The van der Waals surface area contributed by atoms with Crippen molar-refractivity contribution in [1.29, 1.82) is 0 Å². The standard InChI is InChI=1S/C23H28N4O3/c28-22(26-8-3-10-30-11-9-26)20-5-6-21-18-12-17(14-27(21)23(20)29)13-25(15-18)16-19-4-1-2-7-24-19/h1-2,4-7,17-18H,3,8-16H2/t17-,18+/m0/s1. The summed E-state index contributed by atoms with van der Waals surface area (Å²) < 4.78 is 7.32. The van der Waals surface area contributed by atoms with Crippen molar-refractivity contribution in [2.45, 2.75) is 31.8 Å². The highest BCUT2D eigenvalue weighted by molar-refractivity contribution is 5.94. The van der Waals surface area contributed by atoms with Crippen molar-refractivity contribution in [1.82, 2.24) is 19.4 Å². The molecule has 30 heavy (non-hydrogen) atoms. The van der Waals surface area contributed by atoms with Crippen LogP contribution in [-0.2, 0) is 17.8 Å². The number of aromatic nitrogens is 2. The fourth-order valence-electron chi connectivity index (χ4n) is 5.18. The SMILES string of the molecule is O=C(c1ccc2n(c1=O)C[C@H]1C[C@@H]2CN(Cc2ccccn2)C1)N1CCCOCC1. The fourth-order valence-corrected chi connectivity index (χ4v) is 5.18. The second kappa shape index (κ2) is 8.32. The zero-order chi connectivity index (χ0) is 20.5. The summed E-state index contributed by atoms with van der Waals surface area (Å²) in [7, 11) is 0. The van der Waals surface area contributed by atoms with E-state index in [-0.39, 0.29) is 11.5 Å². The number of rotatable bonds is 3. The molecule has 2 aromatic rings. The summed E-state index contributed by atoms with van der Waals surface area (Å²) >= 11 is 0. The molecule has 2 aromatic heterocycles. The Kier molecular flexibility index (Phi) is 5.39. The fraction of sp³-hybridized carbons (Fsp3) is 0.522. The normalized spacial score (nSPS) is 24.2. The number of carbonyl (C=O) groups excluding carboxylic acids is 1. The van der Waals surface area contributed by atoms with Gasteiger partial charge in [-0.2, -0.15) is 0 Å². The Bertz CT molecular complexity index is 966. The van der Waals surface area contributed by atoms with Gasteiger partial charge in [-0.15, -0.1) is 0 Å². The number of pyridine rings is 2. The lowest BCUT2D eigenvalue weighted by atomic mass is 9.83. The van der Waals surface area contributed by atoms with Gasteiger partial charge in [0.15, 0.2) is 0 Å². The lowest BCUT2D eigenvalue weighted by Crippen LogP contribution is -2.48. The predicted octanol–water partition coefficient (Wildman–Crippen LogP) is 1.73. The van der Waals surface area contributed by atoms with E-state index in [4.69, 9.17) is 4.74 Å². The van der Waals surface area contributed by atoms with Gasteiger partial charge in [-0.3, -0.25) is 19.5 Å². The lowest BCUT2D eigenvalue weighted by molar-refractivity contribution is 0.0736. The molecular formula is C23H28N4O3. The van der Waals surface area contributed by atoms with Crippen molar-refractivity contribution in [2.24, 2.45) is 5.92 Å². The van der Waals surface area contributed by atoms with Crippen LogP contribution in [0.1, 0.15) is 40.5 Å². The molecule has 0 radical (unpaired) electrons. The predicted molar refractivity (Wildman–Crippen MR) is 112 cm³/mol. The molecule has 5 rings (SSSR count). The Morgan fingerprint density at radius 3 is 2.90 bits per heavy atom. The average Bonchev–Trinajstić information content (AvgIpc) is 3.04. The Morgan fingerprint density at radius 1 is 1.10 bits per heavy atom. The van der Waals surface area contributed by atoms with Gasteiger partial charge in [0, 0.05) is 63.7 Å². The Balaban J connectivity index is 1.37. The van der Waals surface area contributed by atoms with Gasteiger partial charge in [-0.25, -0.2) is 0 Å². The van der Waals surface area contributed by atoms with Crippen LogP contribution >= 0.6 is 0 Å². The second-order valence-corrected chi connectivity index (χ2v) is 8.66. The summed E-state index contributed by atoms with van der Waals surface area (Å²) in [6.45, 7) is 5.81.